The summed E-state index contributed by atoms with van der Waals surface area (Å²) in [5.41, 5.74) is 5.59. The van der Waals surface area contributed by atoms with E-state index in [0.29, 0.717) is 13.1 Å². The molecule has 0 radical (unpaired) electrons. The molecule has 1 heterocycles. The average Bonchev–Trinajstić information content (AvgIpc) is 3.16. The number of rotatable bonds is 8. The summed E-state index contributed by atoms with van der Waals surface area (Å²) in [5.74, 6) is -0.388. The predicted molar refractivity (Wildman–Crippen MR) is 117 cm³/mol. The molecule has 6 nitrogen and oxygen atoms in total. The summed E-state index contributed by atoms with van der Waals surface area (Å²) in [6.45, 7) is 9.36. The van der Waals surface area contributed by atoms with E-state index in [9.17, 15) is 9.59 Å². The van der Waals surface area contributed by atoms with Crippen LogP contribution in [-0.2, 0) is 16.1 Å². The van der Waals surface area contributed by atoms with Crippen LogP contribution >= 0.6 is 0 Å². The number of nitrogens with one attached hydrogen (secondary N) is 3. The number of benzene rings is 2. The second-order valence-corrected chi connectivity index (χ2v) is 7.42. The normalized spacial score (nSPS) is 15.7. The molecule has 0 saturated carbocycles. The first-order valence-corrected chi connectivity index (χ1v) is 10.3. The summed E-state index contributed by atoms with van der Waals surface area (Å²) in [4.78, 5) is 25.7. The highest BCUT2D eigenvalue weighted by Gasteiger charge is 2.27. The van der Waals surface area contributed by atoms with Crippen molar-refractivity contribution < 1.29 is 9.59 Å². The van der Waals surface area contributed by atoms with Gasteiger partial charge in [-0.3, -0.25) is 9.59 Å². The van der Waals surface area contributed by atoms with E-state index >= 15 is 0 Å². The lowest BCUT2D eigenvalue weighted by Crippen LogP contribution is -2.31. The first-order valence-electron chi connectivity index (χ1n) is 10.3. The average molecular weight is 395 g/mol. The van der Waals surface area contributed by atoms with Crippen LogP contribution in [0.2, 0.25) is 0 Å². The molecule has 6 heteroatoms. The Hall–Kier alpha value is -3.02. The molecule has 1 aliphatic rings. The van der Waals surface area contributed by atoms with E-state index in [1.165, 1.54) is 11.3 Å². The van der Waals surface area contributed by atoms with E-state index in [1.807, 2.05) is 24.3 Å². The monoisotopic (exact) mass is 394 g/mol. The van der Waals surface area contributed by atoms with Gasteiger partial charge in [-0.15, -0.1) is 0 Å². The second-order valence-electron chi connectivity index (χ2n) is 7.42. The fourth-order valence-electron chi connectivity index (χ4n) is 3.65. The van der Waals surface area contributed by atoms with Gasteiger partial charge in [0.2, 0.25) is 11.8 Å². The molecule has 1 saturated heterocycles. The van der Waals surface area contributed by atoms with Gasteiger partial charge in [0.15, 0.2) is 0 Å². The maximum atomic E-state index is 12.1. The molecule has 154 valence electrons. The van der Waals surface area contributed by atoms with Crippen LogP contribution in [-0.4, -0.2) is 31.4 Å². The highest BCUT2D eigenvalue weighted by atomic mass is 16.2. The molecule has 1 atom stereocenters. The summed E-state index contributed by atoms with van der Waals surface area (Å²) in [7, 11) is 0. The minimum Gasteiger partial charge on any atom is -0.372 e. The summed E-state index contributed by atoms with van der Waals surface area (Å²) >= 11 is 0. The van der Waals surface area contributed by atoms with Crippen molar-refractivity contribution in [3.8, 4) is 0 Å². The Morgan fingerprint density at radius 1 is 1.10 bits per heavy atom. The highest BCUT2D eigenvalue weighted by Crippen LogP contribution is 2.25. The maximum Gasteiger partial charge on any atom is 0.225 e. The fraction of sp³-hybridized carbons (Fsp3) is 0.391. The largest absolute Gasteiger partial charge is 0.372 e. The fourth-order valence-corrected chi connectivity index (χ4v) is 3.65. The second kappa shape index (κ2) is 9.45. The van der Waals surface area contributed by atoms with Crippen LogP contribution in [0.15, 0.2) is 42.5 Å². The third-order valence-corrected chi connectivity index (χ3v) is 5.36. The lowest BCUT2D eigenvalue weighted by atomic mass is 10.1. The minimum atomic E-state index is -0.258. The number of carbonyl (C=O) groups excluding carboxylic acids is 2. The van der Waals surface area contributed by atoms with Gasteiger partial charge in [0, 0.05) is 49.7 Å². The van der Waals surface area contributed by atoms with Gasteiger partial charge < -0.3 is 20.9 Å². The zero-order valence-electron chi connectivity index (χ0n) is 17.4. The smallest absolute Gasteiger partial charge is 0.225 e. The van der Waals surface area contributed by atoms with Gasteiger partial charge in [-0.1, -0.05) is 12.1 Å². The van der Waals surface area contributed by atoms with Crippen molar-refractivity contribution in [2.24, 2.45) is 5.92 Å². The molecule has 0 aromatic heterocycles. The zero-order valence-corrected chi connectivity index (χ0v) is 17.4. The molecule has 0 bridgehead atoms. The SMILES string of the molecule is CCN(CC)c1ccc(Nc2ccc(CNC(=O)C3CNC(=O)C3)cc2)cc1C. The van der Waals surface area contributed by atoms with Crippen LogP contribution in [0.4, 0.5) is 17.1 Å². The molecular formula is C23H30N4O2. The Kier molecular flexibility index (Phi) is 6.75. The summed E-state index contributed by atoms with van der Waals surface area (Å²) < 4.78 is 0. The van der Waals surface area contributed by atoms with Crippen LogP contribution in [0.5, 0.6) is 0 Å². The third-order valence-electron chi connectivity index (χ3n) is 5.36. The van der Waals surface area contributed by atoms with Crippen molar-refractivity contribution in [2.75, 3.05) is 29.9 Å². The van der Waals surface area contributed by atoms with Crippen molar-refractivity contribution in [1.82, 2.24) is 10.6 Å². The topological polar surface area (TPSA) is 73.5 Å². The van der Waals surface area contributed by atoms with E-state index in [1.54, 1.807) is 0 Å². The van der Waals surface area contributed by atoms with Crippen LogP contribution in [0.3, 0.4) is 0 Å². The molecule has 1 unspecified atom stereocenters. The number of anilines is 3. The molecule has 1 fully saturated rings. The van der Waals surface area contributed by atoms with Gasteiger partial charge in [0.05, 0.1) is 5.92 Å². The molecule has 29 heavy (non-hydrogen) atoms. The molecule has 2 aromatic carbocycles. The first kappa shape index (κ1) is 20.7. The molecular weight excluding hydrogens is 364 g/mol. The molecule has 0 spiro atoms. The van der Waals surface area contributed by atoms with Gasteiger partial charge in [-0.25, -0.2) is 0 Å². The number of carbonyl (C=O) groups is 2. The molecule has 1 aliphatic heterocycles. The van der Waals surface area contributed by atoms with E-state index in [0.717, 1.165) is 30.0 Å². The lowest BCUT2D eigenvalue weighted by Gasteiger charge is -2.23. The molecule has 3 N–H and O–H groups in total. The van der Waals surface area contributed by atoms with Crippen LogP contribution in [0.25, 0.3) is 0 Å². The minimum absolute atomic E-state index is 0.0547. The Balaban J connectivity index is 1.56. The van der Waals surface area contributed by atoms with E-state index in [4.69, 9.17) is 0 Å². The Morgan fingerprint density at radius 3 is 2.38 bits per heavy atom. The van der Waals surface area contributed by atoms with E-state index in [-0.39, 0.29) is 24.2 Å². The number of nitrogens with zero attached hydrogens (tertiary/aromatic N) is 1. The predicted octanol–water partition coefficient (Wildman–Crippen LogP) is 3.34. The number of hydrogen-bond acceptors (Lipinski definition) is 4. The number of amides is 2. The van der Waals surface area contributed by atoms with E-state index in [2.05, 4.69) is 59.8 Å². The van der Waals surface area contributed by atoms with Crippen molar-refractivity contribution in [2.45, 2.75) is 33.7 Å². The van der Waals surface area contributed by atoms with Gasteiger partial charge in [-0.05, 0) is 62.2 Å². The lowest BCUT2D eigenvalue weighted by molar-refractivity contribution is -0.126. The van der Waals surface area contributed by atoms with Crippen LogP contribution in [0.1, 0.15) is 31.4 Å². The number of hydrogen-bond donors (Lipinski definition) is 3. The summed E-state index contributed by atoms with van der Waals surface area (Å²) in [6, 6.07) is 14.4. The summed E-state index contributed by atoms with van der Waals surface area (Å²) in [5, 5.41) is 9.04. The molecule has 3 rings (SSSR count). The summed E-state index contributed by atoms with van der Waals surface area (Å²) in [6.07, 6.45) is 0.279. The highest BCUT2D eigenvalue weighted by molar-refractivity contribution is 5.89. The number of aryl methyl sites for hydroxylation is 1. The van der Waals surface area contributed by atoms with Crippen molar-refractivity contribution in [3.63, 3.8) is 0 Å². The first-order chi connectivity index (χ1) is 14.0. The Morgan fingerprint density at radius 2 is 1.79 bits per heavy atom. The Labute approximate surface area is 172 Å². The third kappa shape index (κ3) is 5.28. The van der Waals surface area contributed by atoms with Crippen molar-refractivity contribution in [1.29, 1.82) is 0 Å². The maximum absolute atomic E-state index is 12.1. The van der Waals surface area contributed by atoms with Crippen molar-refractivity contribution >= 4 is 28.9 Å². The van der Waals surface area contributed by atoms with E-state index < -0.39 is 0 Å². The standard InChI is InChI=1S/C23H30N4O2/c1-4-27(5-2)21-11-10-20(12-16(21)3)26-19-8-6-17(7-9-19)14-25-23(29)18-13-22(28)24-15-18/h6-12,18,26H,4-5,13-15H2,1-3H3,(H,24,28)(H,25,29). The van der Waals surface area contributed by atoms with Crippen LogP contribution < -0.4 is 20.9 Å². The Bertz CT molecular complexity index is 860. The molecule has 0 aliphatic carbocycles. The quantitative estimate of drug-likeness (QED) is 0.642. The van der Waals surface area contributed by atoms with Crippen molar-refractivity contribution in [3.05, 3.63) is 53.6 Å². The zero-order chi connectivity index (χ0) is 20.8. The molecule has 2 aromatic rings. The van der Waals surface area contributed by atoms with Gasteiger partial charge in [-0.2, -0.15) is 0 Å². The van der Waals surface area contributed by atoms with Gasteiger partial charge >= 0.3 is 0 Å². The van der Waals surface area contributed by atoms with Crippen LogP contribution in [0, 0.1) is 12.8 Å². The molecule has 2 amide bonds. The van der Waals surface area contributed by atoms with Gasteiger partial charge in [0.1, 0.15) is 0 Å². The van der Waals surface area contributed by atoms with Gasteiger partial charge in [0.25, 0.3) is 0 Å².